The number of fused-ring (bicyclic) bond motifs is 4. The van der Waals surface area contributed by atoms with Gasteiger partial charge in [-0.1, -0.05) is 38.1 Å². The summed E-state index contributed by atoms with van der Waals surface area (Å²) in [4.78, 5) is 27.5. The van der Waals surface area contributed by atoms with E-state index in [1.165, 1.54) is 12.1 Å². The number of rotatable bonds is 8. The Morgan fingerprint density at radius 3 is 2.48 bits per heavy atom. The molecule has 0 unspecified atom stereocenters. The molecule has 44 heavy (non-hydrogen) atoms. The fraction of sp³-hybridized carbons (Fsp3) is 0.485. The molecule has 11 heteroatoms. The average Bonchev–Trinajstić information content (AvgIpc) is 2.94. The zero-order chi connectivity index (χ0) is 31.6. The molecule has 3 aromatic rings. The molecule has 1 atom stereocenters. The van der Waals surface area contributed by atoms with Gasteiger partial charge in [0.15, 0.2) is 0 Å². The first-order valence-electron chi connectivity index (χ1n) is 15.3. The zero-order valence-electron chi connectivity index (χ0n) is 26.2. The molecular weight excluding hydrogens is 578 g/mol. The molecule has 0 saturated heterocycles. The second-order valence-corrected chi connectivity index (χ2v) is 14.1. The maximum absolute atomic E-state index is 14.3. The first-order valence-corrected chi connectivity index (χ1v) is 16.8. The molecule has 0 spiro atoms. The van der Waals surface area contributed by atoms with Gasteiger partial charge in [0, 0.05) is 42.4 Å². The van der Waals surface area contributed by atoms with E-state index in [4.69, 9.17) is 4.74 Å². The highest BCUT2D eigenvalue weighted by molar-refractivity contribution is 7.92. The van der Waals surface area contributed by atoms with Gasteiger partial charge in [0.05, 0.1) is 16.6 Å². The van der Waals surface area contributed by atoms with E-state index >= 15 is 0 Å². The number of hydrogen-bond donors (Lipinski definition) is 2. The maximum atomic E-state index is 14.3. The fourth-order valence-corrected chi connectivity index (χ4v) is 7.27. The summed E-state index contributed by atoms with van der Waals surface area (Å²) in [5, 5.41) is 9.28. The van der Waals surface area contributed by atoms with Crippen molar-refractivity contribution < 1.29 is 23.1 Å². The minimum Gasteiger partial charge on any atom is -0.475 e. The summed E-state index contributed by atoms with van der Waals surface area (Å²) in [6.07, 6.45) is 2.97. The van der Waals surface area contributed by atoms with E-state index in [0.29, 0.717) is 30.1 Å². The highest BCUT2D eigenvalue weighted by atomic mass is 32.2. The molecule has 2 N–H and O–H groups in total. The lowest BCUT2D eigenvalue weighted by Gasteiger charge is -2.49. The van der Waals surface area contributed by atoms with Crippen LogP contribution in [0, 0.1) is 19.8 Å². The first-order chi connectivity index (χ1) is 21.0. The lowest BCUT2D eigenvalue weighted by atomic mass is 9.82. The predicted octanol–water partition coefficient (Wildman–Crippen LogP) is 4.66. The van der Waals surface area contributed by atoms with Crippen LogP contribution in [0.2, 0.25) is 0 Å². The second kappa shape index (κ2) is 13.2. The number of carbonyl (C=O) groups is 1. The standard InChI is InChI=1S/C33H43N5O5S/c1-21(2)15-27-20-43-30-19-29(31-22(3)9-6-10-23(31)4)34-33(35-30)36-44(41,42)28-12-7-11-24(16-28)32(40)38(27)26-17-25(18-26)37(5)13-8-14-39/h6-7,9-12,16,19,21,25-27,39H,8,13-15,17-18,20H2,1-5H3,(H,34,35,36)/t25-,26+,27-/m1/s1. The van der Waals surface area contributed by atoms with E-state index in [0.717, 1.165) is 36.1 Å². The van der Waals surface area contributed by atoms with Gasteiger partial charge in [0.25, 0.3) is 15.9 Å². The molecular formula is C33H43N5O5S. The van der Waals surface area contributed by atoms with Gasteiger partial charge in [-0.2, -0.15) is 4.98 Å². The highest BCUT2D eigenvalue weighted by Crippen LogP contribution is 2.35. The maximum Gasteiger partial charge on any atom is 0.264 e. The van der Waals surface area contributed by atoms with Crippen LogP contribution in [-0.4, -0.2) is 84.1 Å². The second-order valence-electron chi connectivity index (χ2n) is 12.5. The molecule has 1 fully saturated rings. The summed E-state index contributed by atoms with van der Waals surface area (Å²) in [6.45, 7) is 9.33. The number of aryl methyl sites for hydroxylation is 2. The number of aliphatic hydroxyl groups excluding tert-OH is 1. The van der Waals surface area contributed by atoms with Crippen molar-refractivity contribution in [3.8, 4) is 17.1 Å². The number of amides is 1. The van der Waals surface area contributed by atoms with Crippen molar-refractivity contribution in [2.45, 2.75) is 76.4 Å². The van der Waals surface area contributed by atoms with E-state index in [1.54, 1.807) is 18.2 Å². The number of nitrogens with one attached hydrogen (secondary N) is 1. The zero-order valence-corrected chi connectivity index (χ0v) is 27.0. The minimum absolute atomic E-state index is 0.0360. The number of benzene rings is 2. The average molecular weight is 622 g/mol. The summed E-state index contributed by atoms with van der Waals surface area (Å²) in [6, 6.07) is 13.8. The number of aromatic nitrogens is 2. The smallest absolute Gasteiger partial charge is 0.264 e. The van der Waals surface area contributed by atoms with Crippen LogP contribution < -0.4 is 9.46 Å². The van der Waals surface area contributed by atoms with Crippen LogP contribution in [0.25, 0.3) is 11.3 Å². The number of sulfonamides is 1. The fourth-order valence-electron chi connectivity index (χ4n) is 6.28. The number of ether oxygens (including phenoxy) is 1. The van der Waals surface area contributed by atoms with Crippen LogP contribution in [-0.2, 0) is 10.0 Å². The van der Waals surface area contributed by atoms with Crippen molar-refractivity contribution in [2.24, 2.45) is 5.92 Å². The van der Waals surface area contributed by atoms with Crippen LogP contribution >= 0.6 is 0 Å². The first kappa shape index (κ1) is 31.9. The molecule has 2 heterocycles. The molecule has 1 aliphatic carbocycles. The van der Waals surface area contributed by atoms with Crippen LogP contribution in [0.3, 0.4) is 0 Å². The molecule has 4 bridgehead atoms. The third-order valence-corrected chi connectivity index (χ3v) is 9.95. The van der Waals surface area contributed by atoms with Crippen molar-refractivity contribution in [3.63, 3.8) is 0 Å². The third-order valence-electron chi connectivity index (χ3n) is 8.63. The van der Waals surface area contributed by atoms with Crippen LogP contribution in [0.1, 0.15) is 61.0 Å². The van der Waals surface area contributed by atoms with Gasteiger partial charge in [-0.15, -0.1) is 0 Å². The van der Waals surface area contributed by atoms with Gasteiger partial charge in [-0.25, -0.2) is 18.1 Å². The quantitative estimate of drug-likeness (QED) is 0.372. The van der Waals surface area contributed by atoms with Gasteiger partial charge in [0.1, 0.15) is 6.61 Å². The molecule has 2 aliphatic rings. The predicted molar refractivity (Wildman–Crippen MR) is 170 cm³/mol. The van der Waals surface area contributed by atoms with Crippen molar-refractivity contribution in [1.29, 1.82) is 0 Å². The van der Waals surface area contributed by atoms with Gasteiger partial charge >= 0.3 is 0 Å². The van der Waals surface area contributed by atoms with Gasteiger partial charge in [-0.3, -0.25) is 4.79 Å². The Morgan fingerprint density at radius 2 is 1.80 bits per heavy atom. The molecule has 10 nitrogen and oxygen atoms in total. The lowest BCUT2D eigenvalue weighted by Crippen LogP contribution is -2.59. The highest BCUT2D eigenvalue weighted by Gasteiger charge is 2.42. The van der Waals surface area contributed by atoms with Crippen LogP contribution in [0.4, 0.5) is 5.95 Å². The number of carbonyl (C=O) groups excluding carboxylic acids is 1. The Bertz CT molecular complexity index is 1590. The number of anilines is 1. The lowest BCUT2D eigenvalue weighted by molar-refractivity contribution is 0.00188. The van der Waals surface area contributed by atoms with E-state index in [1.807, 2.05) is 36.9 Å². The number of aliphatic hydroxyl groups is 1. The summed E-state index contributed by atoms with van der Waals surface area (Å²) >= 11 is 0. The van der Waals surface area contributed by atoms with E-state index in [-0.39, 0.29) is 53.8 Å². The van der Waals surface area contributed by atoms with E-state index in [2.05, 4.69) is 40.5 Å². The van der Waals surface area contributed by atoms with Gasteiger partial charge in [0.2, 0.25) is 11.8 Å². The number of nitrogens with zero attached hydrogens (tertiary/aromatic N) is 4. The molecule has 0 radical (unpaired) electrons. The van der Waals surface area contributed by atoms with Crippen molar-refractivity contribution >= 4 is 21.9 Å². The molecule has 1 saturated carbocycles. The Hall–Kier alpha value is -3.54. The third kappa shape index (κ3) is 6.90. The largest absolute Gasteiger partial charge is 0.475 e. The number of hydrogen-bond acceptors (Lipinski definition) is 8. The SMILES string of the molecule is Cc1cccc(C)c1-c1cc2nc(n1)NS(=O)(=O)c1cccc(c1)C(=O)N([C@H]1C[C@@H](N(C)CCCO)C1)[C@H](CC(C)C)CO2. The molecule has 1 aromatic heterocycles. The Balaban J connectivity index is 1.58. The summed E-state index contributed by atoms with van der Waals surface area (Å²) in [7, 11) is -2.07. The Kier molecular flexibility index (Phi) is 9.57. The van der Waals surface area contributed by atoms with E-state index < -0.39 is 10.0 Å². The van der Waals surface area contributed by atoms with E-state index in [9.17, 15) is 18.3 Å². The summed E-state index contributed by atoms with van der Waals surface area (Å²) < 4.78 is 36.0. The monoisotopic (exact) mass is 621 g/mol. The molecule has 5 rings (SSSR count). The molecule has 1 amide bonds. The topological polar surface area (TPSA) is 125 Å². The normalized spacial score (nSPS) is 21.5. The minimum atomic E-state index is -4.12. The van der Waals surface area contributed by atoms with Gasteiger partial charge in [-0.05, 0) is 81.8 Å². The van der Waals surface area contributed by atoms with Crippen molar-refractivity contribution in [1.82, 2.24) is 19.8 Å². The molecule has 1 aliphatic heterocycles. The summed E-state index contributed by atoms with van der Waals surface area (Å²) in [5.41, 5.74) is 3.72. The van der Waals surface area contributed by atoms with Crippen molar-refractivity contribution in [2.75, 3.05) is 31.5 Å². The van der Waals surface area contributed by atoms with Crippen LogP contribution in [0.5, 0.6) is 5.88 Å². The van der Waals surface area contributed by atoms with Crippen molar-refractivity contribution in [3.05, 3.63) is 65.2 Å². The van der Waals surface area contributed by atoms with Crippen LogP contribution in [0.15, 0.2) is 53.4 Å². The molecule has 236 valence electrons. The van der Waals surface area contributed by atoms with Gasteiger partial charge < -0.3 is 19.6 Å². The Morgan fingerprint density at radius 1 is 1.09 bits per heavy atom. The molecule has 2 aromatic carbocycles. The summed E-state index contributed by atoms with van der Waals surface area (Å²) in [5.74, 6) is 0.196. The Labute approximate surface area is 260 Å².